The highest BCUT2D eigenvalue weighted by molar-refractivity contribution is 5.98. The summed E-state index contributed by atoms with van der Waals surface area (Å²) < 4.78 is 0. The summed E-state index contributed by atoms with van der Waals surface area (Å²) in [7, 11) is 0. The third-order valence-electron chi connectivity index (χ3n) is 4.17. The standard InChI is InChI=1S/C20H19NO2/c1-15(22)19-14-21(13-16-8-4-2-5-9-16)20(23)12-18(19)17-10-6-3-7-11-17/h2-11,14,18H,12-13H2,1H3/t18-/m0/s1. The molecular weight excluding hydrogens is 286 g/mol. The molecule has 0 aliphatic carbocycles. The van der Waals surface area contributed by atoms with Gasteiger partial charge in [0.2, 0.25) is 5.91 Å². The zero-order valence-electron chi connectivity index (χ0n) is 13.1. The fraction of sp³-hybridized carbons (Fsp3) is 0.200. The molecule has 0 radical (unpaired) electrons. The van der Waals surface area contributed by atoms with E-state index in [-0.39, 0.29) is 17.6 Å². The predicted octanol–water partition coefficient (Wildman–Crippen LogP) is 3.68. The second kappa shape index (κ2) is 6.61. The van der Waals surface area contributed by atoms with Gasteiger partial charge in [0.25, 0.3) is 0 Å². The van der Waals surface area contributed by atoms with Crippen molar-refractivity contribution in [2.24, 2.45) is 0 Å². The molecule has 1 atom stereocenters. The van der Waals surface area contributed by atoms with Gasteiger partial charge in [-0.15, -0.1) is 0 Å². The lowest BCUT2D eigenvalue weighted by Gasteiger charge is -2.30. The lowest BCUT2D eigenvalue weighted by Crippen LogP contribution is -2.33. The molecule has 0 N–H and O–H groups in total. The van der Waals surface area contributed by atoms with Crippen molar-refractivity contribution in [3.8, 4) is 0 Å². The largest absolute Gasteiger partial charge is 0.314 e. The molecule has 116 valence electrons. The smallest absolute Gasteiger partial charge is 0.227 e. The summed E-state index contributed by atoms with van der Waals surface area (Å²) in [6.45, 7) is 2.07. The highest BCUT2D eigenvalue weighted by Gasteiger charge is 2.30. The second-order valence-electron chi connectivity index (χ2n) is 5.82. The van der Waals surface area contributed by atoms with Crippen molar-refractivity contribution in [2.75, 3.05) is 0 Å². The van der Waals surface area contributed by atoms with Gasteiger partial charge in [0, 0.05) is 24.1 Å². The van der Waals surface area contributed by atoms with Crippen LogP contribution in [0.3, 0.4) is 0 Å². The molecule has 3 heteroatoms. The van der Waals surface area contributed by atoms with Crippen molar-refractivity contribution in [1.29, 1.82) is 0 Å². The number of benzene rings is 2. The van der Waals surface area contributed by atoms with E-state index in [1.165, 1.54) is 0 Å². The number of carbonyl (C=O) groups is 2. The van der Waals surface area contributed by atoms with Crippen LogP contribution in [0.25, 0.3) is 0 Å². The molecule has 0 aromatic heterocycles. The Labute approximate surface area is 136 Å². The Balaban J connectivity index is 1.91. The van der Waals surface area contributed by atoms with E-state index >= 15 is 0 Å². The third kappa shape index (κ3) is 3.39. The maximum atomic E-state index is 12.5. The number of rotatable bonds is 4. The van der Waals surface area contributed by atoms with Crippen molar-refractivity contribution < 1.29 is 9.59 Å². The van der Waals surface area contributed by atoms with Gasteiger partial charge >= 0.3 is 0 Å². The van der Waals surface area contributed by atoms with Gasteiger partial charge in [-0.3, -0.25) is 9.59 Å². The summed E-state index contributed by atoms with van der Waals surface area (Å²) in [4.78, 5) is 26.3. The lowest BCUT2D eigenvalue weighted by molar-refractivity contribution is -0.130. The third-order valence-corrected chi connectivity index (χ3v) is 4.17. The highest BCUT2D eigenvalue weighted by atomic mass is 16.2. The van der Waals surface area contributed by atoms with Gasteiger partial charge in [0.1, 0.15) is 0 Å². The van der Waals surface area contributed by atoms with Gasteiger partial charge < -0.3 is 4.90 Å². The second-order valence-corrected chi connectivity index (χ2v) is 5.82. The van der Waals surface area contributed by atoms with E-state index in [1.807, 2.05) is 60.7 Å². The molecule has 3 rings (SSSR count). The Bertz CT molecular complexity index is 735. The number of allylic oxidation sites excluding steroid dienone is 1. The minimum atomic E-state index is -0.145. The first-order valence-corrected chi connectivity index (χ1v) is 7.76. The van der Waals surface area contributed by atoms with E-state index in [0.717, 1.165) is 11.1 Å². The topological polar surface area (TPSA) is 37.4 Å². The molecule has 0 saturated carbocycles. The molecule has 0 spiro atoms. The van der Waals surface area contributed by atoms with Crippen LogP contribution in [-0.4, -0.2) is 16.6 Å². The summed E-state index contributed by atoms with van der Waals surface area (Å²) in [5.74, 6) is -0.0784. The number of hydrogen-bond acceptors (Lipinski definition) is 2. The molecule has 0 bridgehead atoms. The molecule has 3 nitrogen and oxygen atoms in total. The van der Waals surface area contributed by atoms with Gasteiger partial charge in [-0.05, 0) is 18.1 Å². The van der Waals surface area contributed by atoms with Crippen molar-refractivity contribution in [1.82, 2.24) is 4.90 Å². The number of Topliss-reactive ketones (excluding diaryl/α,β-unsaturated/α-hetero) is 1. The zero-order chi connectivity index (χ0) is 16.2. The fourth-order valence-electron chi connectivity index (χ4n) is 2.96. The van der Waals surface area contributed by atoms with Gasteiger partial charge in [-0.2, -0.15) is 0 Å². The SMILES string of the molecule is CC(=O)C1=CN(Cc2ccccc2)C(=O)C[C@H]1c1ccccc1. The minimum absolute atomic E-state index is 0.0180. The summed E-state index contributed by atoms with van der Waals surface area (Å²) in [5, 5.41) is 0. The highest BCUT2D eigenvalue weighted by Crippen LogP contribution is 2.33. The average Bonchev–Trinajstić information content (AvgIpc) is 2.58. The average molecular weight is 305 g/mol. The van der Waals surface area contributed by atoms with E-state index in [4.69, 9.17) is 0 Å². The van der Waals surface area contributed by atoms with Gasteiger partial charge in [-0.1, -0.05) is 60.7 Å². The molecule has 23 heavy (non-hydrogen) atoms. The normalized spacial score (nSPS) is 17.8. The first-order chi connectivity index (χ1) is 11.1. The van der Waals surface area contributed by atoms with E-state index in [2.05, 4.69) is 0 Å². The number of ketones is 1. The van der Waals surface area contributed by atoms with Crippen LogP contribution in [0.1, 0.15) is 30.4 Å². The number of carbonyl (C=O) groups excluding carboxylic acids is 2. The minimum Gasteiger partial charge on any atom is -0.314 e. The molecule has 2 aromatic carbocycles. The molecule has 2 aromatic rings. The van der Waals surface area contributed by atoms with Crippen LogP contribution in [0.2, 0.25) is 0 Å². The summed E-state index contributed by atoms with van der Waals surface area (Å²) in [5.41, 5.74) is 2.77. The Morgan fingerprint density at radius 3 is 2.26 bits per heavy atom. The number of hydrogen-bond donors (Lipinski definition) is 0. The van der Waals surface area contributed by atoms with Crippen LogP contribution < -0.4 is 0 Å². The molecule has 0 unspecified atom stereocenters. The Hall–Kier alpha value is -2.68. The quantitative estimate of drug-likeness (QED) is 0.864. The Morgan fingerprint density at radius 1 is 1.04 bits per heavy atom. The van der Waals surface area contributed by atoms with Crippen molar-refractivity contribution in [2.45, 2.75) is 25.8 Å². The molecule has 1 aliphatic heterocycles. The van der Waals surface area contributed by atoms with Gasteiger partial charge in [-0.25, -0.2) is 0 Å². The first kappa shape index (κ1) is 15.2. The van der Waals surface area contributed by atoms with Gasteiger partial charge in [0.05, 0.1) is 6.54 Å². The summed E-state index contributed by atoms with van der Waals surface area (Å²) >= 11 is 0. The molecule has 1 heterocycles. The van der Waals surface area contributed by atoms with Crippen LogP contribution >= 0.6 is 0 Å². The summed E-state index contributed by atoms with van der Waals surface area (Å²) in [6, 6.07) is 19.6. The molecule has 0 saturated heterocycles. The fourth-order valence-corrected chi connectivity index (χ4v) is 2.96. The van der Waals surface area contributed by atoms with Crippen molar-refractivity contribution in [3.63, 3.8) is 0 Å². The maximum Gasteiger partial charge on any atom is 0.227 e. The van der Waals surface area contributed by atoms with E-state index < -0.39 is 0 Å². The maximum absolute atomic E-state index is 12.5. The molecule has 1 aliphatic rings. The van der Waals surface area contributed by atoms with Crippen molar-refractivity contribution >= 4 is 11.7 Å². The van der Waals surface area contributed by atoms with Crippen LogP contribution in [-0.2, 0) is 16.1 Å². The zero-order valence-corrected chi connectivity index (χ0v) is 13.1. The van der Waals surface area contributed by atoms with Crippen LogP contribution in [0.15, 0.2) is 72.4 Å². The van der Waals surface area contributed by atoms with Crippen LogP contribution in [0, 0.1) is 0 Å². The summed E-state index contributed by atoms with van der Waals surface area (Å²) in [6.07, 6.45) is 2.07. The van der Waals surface area contributed by atoms with Crippen LogP contribution in [0.4, 0.5) is 0 Å². The van der Waals surface area contributed by atoms with E-state index in [0.29, 0.717) is 18.5 Å². The van der Waals surface area contributed by atoms with Gasteiger partial charge in [0.15, 0.2) is 5.78 Å². The first-order valence-electron chi connectivity index (χ1n) is 7.76. The molecule has 0 fully saturated rings. The monoisotopic (exact) mass is 305 g/mol. The lowest BCUT2D eigenvalue weighted by atomic mass is 9.84. The molecule has 1 amide bonds. The number of nitrogens with zero attached hydrogens (tertiary/aromatic N) is 1. The Kier molecular flexibility index (Phi) is 4.38. The van der Waals surface area contributed by atoms with E-state index in [9.17, 15) is 9.59 Å². The van der Waals surface area contributed by atoms with Crippen LogP contribution in [0.5, 0.6) is 0 Å². The number of amides is 1. The Morgan fingerprint density at radius 2 is 1.65 bits per heavy atom. The molecular formula is C20H19NO2. The predicted molar refractivity (Wildman–Crippen MR) is 89.6 cm³/mol. The van der Waals surface area contributed by atoms with Crippen molar-refractivity contribution in [3.05, 3.63) is 83.6 Å². The van der Waals surface area contributed by atoms with E-state index in [1.54, 1.807) is 18.0 Å².